The van der Waals surface area contributed by atoms with Crippen LogP contribution in [0.2, 0.25) is 0 Å². The largest absolute Gasteiger partial charge is 0.318 e. The van der Waals surface area contributed by atoms with Crippen LogP contribution in [-0.4, -0.2) is 22.9 Å². The molecule has 5 atom stereocenters. The Hall–Kier alpha value is -1.35. The summed E-state index contributed by atoms with van der Waals surface area (Å²) in [6, 6.07) is 10.7. The Bertz CT molecular complexity index is 501. The fourth-order valence-corrected chi connectivity index (χ4v) is 3.92. The van der Waals surface area contributed by atoms with Crippen molar-refractivity contribution in [2.75, 3.05) is 0 Å². The quantitative estimate of drug-likeness (QED) is 0.924. The molecule has 0 bridgehead atoms. The Labute approximate surface area is 127 Å². The average Bonchev–Trinajstić information content (AvgIpc) is 3.01. The Morgan fingerprint density at radius 1 is 1.19 bits per heavy atom. The summed E-state index contributed by atoms with van der Waals surface area (Å²) in [6.45, 7) is 6.70. The highest BCUT2D eigenvalue weighted by Gasteiger charge is 2.46. The first-order chi connectivity index (χ1) is 10.1. The lowest BCUT2D eigenvalue weighted by Crippen LogP contribution is -2.42. The molecule has 1 saturated heterocycles. The van der Waals surface area contributed by atoms with Gasteiger partial charge in [0, 0.05) is 6.04 Å². The molecular formula is C18H26N2O. The van der Waals surface area contributed by atoms with Crippen molar-refractivity contribution >= 4 is 5.91 Å². The summed E-state index contributed by atoms with van der Waals surface area (Å²) >= 11 is 0. The minimum Gasteiger partial charge on any atom is -0.318 e. The maximum absolute atomic E-state index is 12.8. The van der Waals surface area contributed by atoms with Crippen LogP contribution in [0.1, 0.15) is 51.8 Å². The van der Waals surface area contributed by atoms with E-state index in [1.165, 1.54) is 12.0 Å². The lowest BCUT2D eigenvalue weighted by molar-refractivity contribution is -0.133. The van der Waals surface area contributed by atoms with Gasteiger partial charge >= 0.3 is 0 Å². The smallest absolute Gasteiger partial charge is 0.241 e. The van der Waals surface area contributed by atoms with Crippen LogP contribution in [0, 0.1) is 11.8 Å². The van der Waals surface area contributed by atoms with E-state index in [2.05, 4.69) is 55.3 Å². The predicted octanol–water partition coefficient (Wildman–Crippen LogP) is 3.33. The van der Waals surface area contributed by atoms with Crippen LogP contribution in [0.3, 0.4) is 0 Å². The molecule has 1 N–H and O–H groups in total. The van der Waals surface area contributed by atoms with Gasteiger partial charge in [-0.15, -0.1) is 0 Å². The van der Waals surface area contributed by atoms with Gasteiger partial charge < -0.3 is 4.90 Å². The van der Waals surface area contributed by atoms with E-state index in [9.17, 15) is 4.79 Å². The number of hydrogen-bond acceptors (Lipinski definition) is 2. The molecule has 0 radical (unpaired) electrons. The molecule has 1 aliphatic heterocycles. The molecule has 1 aliphatic carbocycles. The summed E-state index contributed by atoms with van der Waals surface area (Å²) in [5.41, 5.74) is 1.20. The maximum atomic E-state index is 12.8. The Balaban J connectivity index is 1.92. The first-order valence-corrected chi connectivity index (χ1v) is 8.26. The lowest BCUT2D eigenvalue weighted by atomic mass is 9.96. The van der Waals surface area contributed by atoms with Crippen molar-refractivity contribution in [2.24, 2.45) is 11.8 Å². The van der Waals surface area contributed by atoms with Crippen molar-refractivity contribution < 1.29 is 4.79 Å². The van der Waals surface area contributed by atoms with Crippen molar-refractivity contribution in [1.29, 1.82) is 0 Å². The summed E-state index contributed by atoms with van der Waals surface area (Å²) in [4.78, 5) is 15.0. The van der Waals surface area contributed by atoms with E-state index >= 15 is 0 Å². The number of amides is 1. The van der Waals surface area contributed by atoms with Crippen LogP contribution in [0.5, 0.6) is 0 Å². The molecule has 1 aromatic carbocycles. The van der Waals surface area contributed by atoms with Crippen LogP contribution in [0.15, 0.2) is 30.3 Å². The van der Waals surface area contributed by atoms with Gasteiger partial charge in [-0.3, -0.25) is 10.1 Å². The van der Waals surface area contributed by atoms with Gasteiger partial charge in [0.2, 0.25) is 5.91 Å². The minimum atomic E-state index is -0.0293. The molecule has 2 fully saturated rings. The second-order valence-electron chi connectivity index (χ2n) is 6.67. The van der Waals surface area contributed by atoms with Gasteiger partial charge in [0.1, 0.15) is 6.17 Å². The van der Waals surface area contributed by atoms with Crippen LogP contribution in [-0.2, 0) is 4.79 Å². The lowest BCUT2D eigenvalue weighted by Gasteiger charge is -2.34. The number of nitrogens with one attached hydrogen (secondary N) is 1. The van der Waals surface area contributed by atoms with E-state index in [4.69, 9.17) is 0 Å². The minimum absolute atomic E-state index is 0.0293. The highest BCUT2D eigenvalue weighted by Crippen LogP contribution is 2.40. The molecule has 1 heterocycles. The highest BCUT2D eigenvalue weighted by molar-refractivity contribution is 5.85. The normalized spacial score (nSPS) is 36.4. The van der Waals surface area contributed by atoms with E-state index in [1.54, 1.807) is 0 Å². The zero-order valence-electron chi connectivity index (χ0n) is 13.3. The van der Waals surface area contributed by atoms with Gasteiger partial charge in [-0.1, -0.05) is 51.1 Å². The maximum Gasteiger partial charge on any atom is 0.241 e. The third-order valence-corrected chi connectivity index (χ3v) is 5.49. The van der Waals surface area contributed by atoms with E-state index in [1.807, 2.05) is 6.07 Å². The van der Waals surface area contributed by atoms with Gasteiger partial charge in [-0.05, 0) is 36.7 Å². The molecule has 1 aromatic rings. The number of benzene rings is 1. The molecule has 21 heavy (non-hydrogen) atoms. The van der Waals surface area contributed by atoms with E-state index in [0.29, 0.717) is 17.9 Å². The molecule has 1 amide bonds. The zero-order valence-corrected chi connectivity index (χ0v) is 13.3. The molecule has 114 valence electrons. The van der Waals surface area contributed by atoms with E-state index in [0.717, 1.165) is 12.8 Å². The van der Waals surface area contributed by atoms with Gasteiger partial charge in [0.25, 0.3) is 0 Å². The zero-order chi connectivity index (χ0) is 15.0. The predicted molar refractivity (Wildman–Crippen MR) is 84.6 cm³/mol. The second kappa shape index (κ2) is 5.80. The molecule has 5 unspecified atom stereocenters. The summed E-state index contributed by atoms with van der Waals surface area (Å²) in [7, 11) is 0. The third kappa shape index (κ3) is 2.48. The SMILES string of the molecule is CCC1NC(c2ccccc2)N(C2CCC(C)C2C)C1=O. The first-order valence-electron chi connectivity index (χ1n) is 8.26. The molecule has 0 aromatic heterocycles. The van der Waals surface area contributed by atoms with Crippen molar-refractivity contribution in [3.8, 4) is 0 Å². The number of rotatable bonds is 3. The Morgan fingerprint density at radius 2 is 1.90 bits per heavy atom. The number of carbonyl (C=O) groups excluding carboxylic acids is 1. The molecular weight excluding hydrogens is 260 g/mol. The van der Waals surface area contributed by atoms with Crippen LogP contribution in [0.25, 0.3) is 0 Å². The first kappa shape index (κ1) is 14.6. The fourth-order valence-electron chi connectivity index (χ4n) is 3.92. The van der Waals surface area contributed by atoms with Gasteiger partial charge in [-0.2, -0.15) is 0 Å². The molecule has 3 heteroatoms. The Morgan fingerprint density at radius 3 is 2.48 bits per heavy atom. The topological polar surface area (TPSA) is 32.3 Å². The fraction of sp³-hybridized carbons (Fsp3) is 0.611. The summed E-state index contributed by atoms with van der Waals surface area (Å²) in [6.07, 6.45) is 3.26. The number of hydrogen-bond donors (Lipinski definition) is 1. The number of carbonyl (C=O) groups is 1. The molecule has 3 nitrogen and oxygen atoms in total. The van der Waals surface area contributed by atoms with Gasteiger partial charge in [-0.25, -0.2) is 0 Å². The standard InChI is InChI=1S/C18H26N2O/c1-4-15-18(21)20(16-11-10-12(2)13(16)3)17(19-15)14-8-6-5-7-9-14/h5-9,12-13,15-17,19H,4,10-11H2,1-3H3. The third-order valence-electron chi connectivity index (χ3n) is 5.49. The van der Waals surface area contributed by atoms with Crippen LogP contribution in [0.4, 0.5) is 0 Å². The van der Waals surface area contributed by atoms with Gasteiger partial charge in [0.05, 0.1) is 6.04 Å². The van der Waals surface area contributed by atoms with Crippen molar-refractivity contribution in [2.45, 2.75) is 58.3 Å². The van der Waals surface area contributed by atoms with Crippen molar-refractivity contribution in [1.82, 2.24) is 10.2 Å². The van der Waals surface area contributed by atoms with Crippen molar-refractivity contribution in [3.63, 3.8) is 0 Å². The average molecular weight is 286 g/mol. The van der Waals surface area contributed by atoms with Crippen LogP contribution >= 0.6 is 0 Å². The van der Waals surface area contributed by atoms with E-state index < -0.39 is 0 Å². The molecule has 2 aliphatic rings. The summed E-state index contributed by atoms with van der Waals surface area (Å²) in [5, 5.41) is 3.55. The van der Waals surface area contributed by atoms with Gasteiger partial charge in [0.15, 0.2) is 0 Å². The Kier molecular flexibility index (Phi) is 4.03. The van der Waals surface area contributed by atoms with E-state index in [-0.39, 0.29) is 18.1 Å². The second-order valence-corrected chi connectivity index (χ2v) is 6.67. The van der Waals surface area contributed by atoms with Crippen LogP contribution < -0.4 is 5.32 Å². The molecule has 0 spiro atoms. The number of nitrogens with zero attached hydrogens (tertiary/aromatic N) is 1. The summed E-state index contributed by atoms with van der Waals surface area (Å²) in [5.74, 6) is 1.58. The molecule has 3 rings (SSSR count). The monoisotopic (exact) mass is 286 g/mol. The molecule has 1 saturated carbocycles. The van der Waals surface area contributed by atoms with Crippen molar-refractivity contribution in [3.05, 3.63) is 35.9 Å². The summed E-state index contributed by atoms with van der Waals surface area (Å²) < 4.78 is 0. The highest BCUT2D eigenvalue weighted by atomic mass is 16.2.